The van der Waals surface area contributed by atoms with Crippen molar-refractivity contribution in [3.8, 4) is 0 Å². The molecule has 1 fully saturated rings. The summed E-state index contributed by atoms with van der Waals surface area (Å²) in [6.07, 6.45) is 6.52. The number of nitrogens with zero attached hydrogens (tertiary/aromatic N) is 1. The smallest absolute Gasteiger partial charge is 0.339 e. The molecular weight excluding hydrogens is 272 g/mol. The van der Waals surface area contributed by atoms with E-state index in [1.165, 1.54) is 12.2 Å². The first-order chi connectivity index (χ1) is 9.74. The molecule has 0 aromatic carbocycles. The molecule has 0 spiro atoms. The maximum atomic E-state index is 11.5. The largest absolute Gasteiger partial charge is 0.478 e. The van der Waals surface area contributed by atoms with E-state index < -0.39 is 5.97 Å². The lowest BCUT2D eigenvalue weighted by atomic mass is 9.94. The van der Waals surface area contributed by atoms with Crippen molar-refractivity contribution in [3.05, 3.63) is 22.9 Å². The topological polar surface area (TPSA) is 62.2 Å². The molecule has 0 saturated carbocycles. The van der Waals surface area contributed by atoms with Crippen LogP contribution in [-0.4, -0.2) is 33.6 Å². The second kappa shape index (κ2) is 6.04. The van der Waals surface area contributed by atoms with Crippen LogP contribution in [0.25, 0.3) is 0 Å². The lowest BCUT2D eigenvalue weighted by Gasteiger charge is -2.25. The first kappa shape index (κ1) is 13.7. The number of rotatable bonds is 3. The molecule has 4 nitrogen and oxygen atoms in total. The predicted octanol–water partition coefficient (Wildman–Crippen LogP) is 2.97. The van der Waals surface area contributed by atoms with Crippen LogP contribution in [0.4, 0.5) is 5.82 Å². The summed E-state index contributed by atoms with van der Waals surface area (Å²) in [5.74, 6) is 1.95. The van der Waals surface area contributed by atoms with Gasteiger partial charge in [0, 0.05) is 17.5 Å². The number of aryl methyl sites for hydroxylation is 2. The van der Waals surface area contributed by atoms with Crippen molar-refractivity contribution < 1.29 is 9.90 Å². The highest BCUT2D eigenvalue weighted by Crippen LogP contribution is 2.27. The minimum atomic E-state index is -0.878. The van der Waals surface area contributed by atoms with Gasteiger partial charge in [-0.3, -0.25) is 0 Å². The zero-order valence-corrected chi connectivity index (χ0v) is 12.3. The van der Waals surface area contributed by atoms with Gasteiger partial charge in [-0.2, -0.15) is 11.8 Å². The fourth-order valence-corrected chi connectivity index (χ4v) is 4.03. The summed E-state index contributed by atoms with van der Waals surface area (Å²) >= 11 is 1.93. The molecule has 1 aliphatic carbocycles. The number of hydrogen-bond acceptors (Lipinski definition) is 4. The number of nitrogens with one attached hydrogen (secondary N) is 1. The summed E-state index contributed by atoms with van der Waals surface area (Å²) in [5.41, 5.74) is 2.55. The van der Waals surface area contributed by atoms with E-state index in [2.05, 4.69) is 10.3 Å². The third-order valence-electron chi connectivity index (χ3n) is 4.03. The van der Waals surface area contributed by atoms with E-state index in [1.54, 1.807) is 0 Å². The summed E-state index contributed by atoms with van der Waals surface area (Å²) in [6, 6.07) is 2.18. The Morgan fingerprint density at radius 2 is 2.20 bits per heavy atom. The third-order valence-corrected chi connectivity index (χ3v) is 5.25. The fourth-order valence-electron chi connectivity index (χ4n) is 2.95. The lowest BCUT2D eigenvalue weighted by molar-refractivity contribution is 0.0697. The van der Waals surface area contributed by atoms with Gasteiger partial charge in [-0.25, -0.2) is 9.78 Å². The van der Waals surface area contributed by atoms with Gasteiger partial charge in [-0.1, -0.05) is 0 Å². The number of carboxylic acids is 1. The Balaban J connectivity index is 1.88. The van der Waals surface area contributed by atoms with E-state index >= 15 is 0 Å². The van der Waals surface area contributed by atoms with Crippen molar-refractivity contribution in [1.82, 2.24) is 4.98 Å². The van der Waals surface area contributed by atoms with Gasteiger partial charge in [0.05, 0.1) is 0 Å². The van der Waals surface area contributed by atoms with Gasteiger partial charge in [0.15, 0.2) is 0 Å². The Morgan fingerprint density at radius 1 is 1.35 bits per heavy atom. The van der Waals surface area contributed by atoms with Crippen molar-refractivity contribution in [2.24, 2.45) is 0 Å². The number of anilines is 1. The van der Waals surface area contributed by atoms with Crippen LogP contribution in [0.1, 0.15) is 47.3 Å². The van der Waals surface area contributed by atoms with Crippen LogP contribution in [-0.2, 0) is 12.8 Å². The number of aromatic nitrogens is 1. The van der Waals surface area contributed by atoms with Gasteiger partial charge >= 0.3 is 5.97 Å². The quantitative estimate of drug-likeness (QED) is 0.897. The maximum Gasteiger partial charge on any atom is 0.339 e. The summed E-state index contributed by atoms with van der Waals surface area (Å²) in [7, 11) is 0. The van der Waals surface area contributed by atoms with Gasteiger partial charge in [-0.15, -0.1) is 0 Å². The van der Waals surface area contributed by atoms with Crippen LogP contribution in [0.3, 0.4) is 0 Å². The molecule has 2 N–H and O–H groups in total. The van der Waals surface area contributed by atoms with Gasteiger partial charge in [0.25, 0.3) is 0 Å². The molecular formula is C15H20N2O2S. The average Bonchev–Trinajstić information content (AvgIpc) is 2.47. The molecule has 1 atom stereocenters. The van der Waals surface area contributed by atoms with Crippen LogP contribution in [0, 0.1) is 0 Å². The molecule has 1 saturated heterocycles. The minimum Gasteiger partial charge on any atom is -0.478 e. The minimum absolute atomic E-state index is 0.334. The second-order valence-electron chi connectivity index (χ2n) is 5.56. The molecule has 0 bridgehead atoms. The van der Waals surface area contributed by atoms with Crippen LogP contribution in [0.5, 0.6) is 0 Å². The molecule has 20 heavy (non-hydrogen) atoms. The van der Waals surface area contributed by atoms with Crippen LogP contribution in [0.15, 0.2) is 6.07 Å². The highest BCUT2D eigenvalue weighted by atomic mass is 32.2. The Morgan fingerprint density at radius 3 is 2.95 bits per heavy atom. The molecule has 0 radical (unpaired) electrons. The monoisotopic (exact) mass is 292 g/mol. The number of pyridine rings is 1. The van der Waals surface area contributed by atoms with E-state index in [9.17, 15) is 9.90 Å². The highest BCUT2D eigenvalue weighted by molar-refractivity contribution is 7.99. The number of fused-ring (bicyclic) bond motifs is 1. The second-order valence-corrected chi connectivity index (χ2v) is 6.71. The van der Waals surface area contributed by atoms with Gasteiger partial charge in [-0.05, 0) is 55.9 Å². The highest BCUT2D eigenvalue weighted by Gasteiger charge is 2.21. The van der Waals surface area contributed by atoms with Gasteiger partial charge in [0.2, 0.25) is 0 Å². The van der Waals surface area contributed by atoms with Crippen LogP contribution in [0.2, 0.25) is 0 Å². The molecule has 3 rings (SSSR count). The first-order valence-electron chi connectivity index (χ1n) is 7.34. The van der Waals surface area contributed by atoms with Crippen LogP contribution >= 0.6 is 11.8 Å². The molecule has 1 aromatic rings. The molecule has 1 aromatic heterocycles. The van der Waals surface area contributed by atoms with Crippen molar-refractivity contribution in [2.75, 3.05) is 16.8 Å². The Bertz CT molecular complexity index is 513. The summed E-state index contributed by atoms with van der Waals surface area (Å²) < 4.78 is 0. The number of carboxylic acid groups (broad SMARTS) is 1. The average molecular weight is 292 g/mol. The first-order valence-corrected chi connectivity index (χ1v) is 8.50. The van der Waals surface area contributed by atoms with Crippen LogP contribution < -0.4 is 5.32 Å². The fraction of sp³-hybridized carbons (Fsp3) is 0.600. The standard InChI is InChI=1S/C15H20N2O2S/c18-15(19)12-8-10-4-1-2-6-13(10)17-14(12)16-11-5-3-7-20-9-11/h8,11H,1-7,9H2,(H,16,17)(H,18,19). The third kappa shape index (κ3) is 2.92. The summed E-state index contributed by atoms with van der Waals surface area (Å²) in [4.78, 5) is 16.1. The number of hydrogen-bond donors (Lipinski definition) is 2. The Kier molecular flexibility index (Phi) is 4.15. The normalized spacial score (nSPS) is 22.1. The number of aromatic carboxylic acids is 1. The molecule has 2 aliphatic rings. The molecule has 1 unspecified atom stereocenters. The van der Waals surface area contributed by atoms with Crippen molar-refractivity contribution in [3.63, 3.8) is 0 Å². The zero-order chi connectivity index (χ0) is 13.9. The van der Waals surface area contributed by atoms with Crippen molar-refractivity contribution in [2.45, 2.75) is 44.6 Å². The Hall–Kier alpha value is -1.23. The lowest BCUT2D eigenvalue weighted by Crippen LogP contribution is -2.28. The van der Waals surface area contributed by atoms with Gasteiger partial charge in [0.1, 0.15) is 11.4 Å². The number of carbonyl (C=O) groups is 1. The Labute approximate surface area is 123 Å². The van der Waals surface area contributed by atoms with E-state index in [4.69, 9.17) is 0 Å². The van der Waals surface area contributed by atoms with E-state index in [-0.39, 0.29) is 0 Å². The molecule has 108 valence electrons. The van der Waals surface area contributed by atoms with Crippen molar-refractivity contribution >= 4 is 23.5 Å². The van der Waals surface area contributed by atoms with E-state index in [0.29, 0.717) is 17.4 Å². The summed E-state index contributed by atoms with van der Waals surface area (Å²) in [6.45, 7) is 0. The molecule has 2 heterocycles. The molecule has 5 heteroatoms. The van der Waals surface area contributed by atoms with Crippen molar-refractivity contribution in [1.29, 1.82) is 0 Å². The van der Waals surface area contributed by atoms with E-state index in [1.807, 2.05) is 17.8 Å². The summed E-state index contributed by atoms with van der Waals surface area (Å²) in [5, 5.41) is 12.8. The maximum absolute atomic E-state index is 11.5. The SMILES string of the molecule is O=C(O)c1cc2c(nc1NC1CCCSC1)CCCC2. The molecule has 0 amide bonds. The van der Waals surface area contributed by atoms with Gasteiger partial charge < -0.3 is 10.4 Å². The zero-order valence-electron chi connectivity index (χ0n) is 11.5. The predicted molar refractivity (Wildman–Crippen MR) is 81.8 cm³/mol. The molecule has 1 aliphatic heterocycles. The van der Waals surface area contributed by atoms with E-state index in [0.717, 1.165) is 49.1 Å². The number of thioether (sulfide) groups is 1.